The minimum absolute atomic E-state index is 0.0965. The summed E-state index contributed by atoms with van der Waals surface area (Å²) >= 11 is 0. The van der Waals surface area contributed by atoms with E-state index in [1.807, 2.05) is 13.8 Å². The van der Waals surface area contributed by atoms with E-state index in [2.05, 4.69) is 17.2 Å². The number of aryl methyl sites for hydroxylation is 1. The third-order valence-electron chi connectivity index (χ3n) is 5.53. The van der Waals surface area contributed by atoms with Gasteiger partial charge in [-0.25, -0.2) is 4.79 Å². The highest BCUT2D eigenvalue weighted by molar-refractivity contribution is 6.00. The van der Waals surface area contributed by atoms with Crippen LogP contribution in [0.2, 0.25) is 0 Å². The highest BCUT2D eigenvalue weighted by Crippen LogP contribution is 2.24. The Morgan fingerprint density at radius 1 is 1.28 bits per heavy atom. The van der Waals surface area contributed by atoms with Gasteiger partial charge in [-0.05, 0) is 36.5 Å². The minimum Gasteiger partial charge on any atom is -0.481 e. The zero-order valence-corrected chi connectivity index (χ0v) is 18.4. The van der Waals surface area contributed by atoms with Crippen molar-refractivity contribution in [1.82, 2.24) is 14.5 Å². The summed E-state index contributed by atoms with van der Waals surface area (Å²) in [5.74, 6) is 4.32. The predicted molar refractivity (Wildman–Crippen MR) is 117 cm³/mol. The summed E-state index contributed by atoms with van der Waals surface area (Å²) in [6.45, 7) is 4.50. The largest absolute Gasteiger partial charge is 0.481 e. The number of hydrogen-bond acceptors (Lipinski definition) is 5. The first-order chi connectivity index (χ1) is 15.1. The SMILES string of the molecule is Cn1c(=O)n(C2CCC(=O)NC2=O)c2ccc(C#CCOCC(C)(C)CCC(=O)O)cc21. The molecule has 1 saturated heterocycles. The fourth-order valence-electron chi connectivity index (χ4n) is 3.70. The van der Waals surface area contributed by atoms with Gasteiger partial charge in [-0.15, -0.1) is 0 Å². The number of nitrogens with one attached hydrogen (secondary N) is 1. The van der Waals surface area contributed by atoms with Crippen molar-refractivity contribution < 1.29 is 24.2 Å². The molecule has 2 amide bonds. The van der Waals surface area contributed by atoms with Gasteiger partial charge in [-0.1, -0.05) is 25.7 Å². The lowest BCUT2D eigenvalue weighted by molar-refractivity contribution is -0.138. The number of nitrogens with zero attached hydrogens (tertiary/aromatic N) is 2. The van der Waals surface area contributed by atoms with Crippen LogP contribution in [0.3, 0.4) is 0 Å². The Bertz CT molecular complexity index is 1180. The summed E-state index contributed by atoms with van der Waals surface area (Å²) < 4.78 is 8.48. The molecule has 0 spiro atoms. The number of imide groups is 1. The van der Waals surface area contributed by atoms with E-state index >= 15 is 0 Å². The number of benzene rings is 1. The van der Waals surface area contributed by atoms with E-state index in [0.717, 1.165) is 0 Å². The molecular formula is C23H27N3O6. The first kappa shape index (κ1) is 23.3. The van der Waals surface area contributed by atoms with Gasteiger partial charge in [-0.2, -0.15) is 0 Å². The Balaban J connectivity index is 1.71. The maximum absolute atomic E-state index is 12.8. The molecule has 170 valence electrons. The summed E-state index contributed by atoms with van der Waals surface area (Å²) in [5.41, 5.74) is 1.36. The molecule has 2 N–H and O–H groups in total. The van der Waals surface area contributed by atoms with Gasteiger partial charge in [0.25, 0.3) is 0 Å². The lowest BCUT2D eigenvalue weighted by Crippen LogP contribution is -2.44. The maximum atomic E-state index is 12.8. The van der Waals surface area contributed by atoms with Gasteiger partial charge >= 0.3 is 11.7 Å². The van der Waals surface area contributed by atoms with Crippen LogP contribution >= 0.6 is 0 Å². The standard InChI is InChI=1S/C23H27N3O6/c1-23(2,11-10-20(28)29)14-32-12-4-5-15-6-7-16-18(13-15)25(3)22(31)26(16)17-8-9-19(27)24-21(17)30/h6-7,13,17H,8-12,14H2,1-3H3,(H,28,29)(H,24,27,30). The van der Waals surface area contributed by atoms with Gasteiger partial charge < -0.3 is 9.84 Å². The van der Waals surface area contributed by atoms with Gasteiger partial charge in [0.05, 0.1) is 17.6 Å². The molecule has 3 rings (SSSR count). The first-order valence-electron chi connectivity index (χ1n) is 10.4. The van der Waals surface area contributed by atoms with E-state index < -0.39 is 17.9 Å². The second kappa shape index (κ2) is 9.40. The summed E-state index contributed by atoms with van der Waals surface area (Å²) in [4.78, 5) is 47.2. The van der Waals surface area contributed by atoms with Gasteiger partial charge in [0.1, 0.15) is 12.6 Å². The Labute approximate surface area is 185 Å². The number of hydrogen-bond donors (Lipinski definition) is 2. The van der Waals surface area contributed by atoms with E-state index in [9.17, 15) is 19.2 Å². The molecule has 0 bridgehead atoms. The number of carboxylic acids is 1. The number of rotatable bonds is 7. The zero-order valence-electron chi connectivity index (χ0n) is 18.4. The maximum Gasteiger partial charge on any atom is 0.329 e. The van der Waals surface area contributed by atoms with Crippen molar-refractivity contribution in [2.45, 2.75) is 45.6 Å². The number of carboxylic acid groups (broad SMARTS) is 1. The summed E-state index contributed by atoms with van der Waals surface area (Å²) in [6.07, 6.45) is 1.09. The van der Waals surface area contributed by atoms with Gasteiger partial charge in [0.2, 0.25) is 11.8 Å². The zero-order chi connectivity index (χ0) is 23.5. The van der Waals surface area contributed by atoms with Crippen molar-refractivity contribution >= 4 is 28.8 Å². The molecule has 0 aliphatic carbocycles. The number of carbonyl (C=O) groups excluding carboxylic acids is 2. The molecule has 9 heteroatoms. The van der Waals surface area contributed by atoms with Crippen LogP contribution in [-0.4, -0.2) is 45.2 Å². The van der Waals surface area contributed by atoms with Crippen molar-refractivity contribution in [3.05, 3.63) is 34.2 Å². The van der Waals surface area contributed by atoms with Crippen LogP contribution < -0.4 is 11.0 Å². The third-order valence-corrected chi connectivity index (χ3v) is 5.53. The summed E-state index contributed by atoms with van der Waals surface area (Å²) in [7, 11) is 1.63. The molecule has 1 aromatic heterocycles. The second-order valence-corrected chi connectivity index (χ2v) is 8.73. The number of ether oxygens (including phenoxy) is 1. The van der Waals surface area contributed by atoms with Crippen LogP contribution in [0.5, 0.6) is 0 Å². The van der Waals surface area contributed by atoms with Crippen LogP contribution in [0.1, 0.15) is 51.1 Å². The number of aromatic nitrogens is 2. The Morgan fingerprint density at radius 3 is 2.72 bits per heavy atom. The van der Waals surface area contributed by atoms with Gasteiger partial charge in [-0.3, -0.25) is 28.8 Å². The minimum atomic E-state index is -0.825. The number of imidazole rings is 1. The van der Waals surface area contributed by atoms with E-state index in [1.165, 1.54) is 9.13 Å². The average Bonchev–Trinajstić information content (AvgIpc) is 2.97. The van der Waals surface area contributed by atoms with Crippen molar-refractivity contribution in [2.24, 2.45) is 12.5 Å². The van der Waals surface area contributed by atoms with Crippen LogP contribution in [0.25, 0.3) is 11.0 Å². The monoisotopic (exact) mass is 441 g/mol. The highest BCUT2D eigenvalue weighted by atomic mass is 16.5. The highest BCUT2D eigenvalue weighted by Gasteiger charge is 2.31. The molecular weight excluding hydrogens is 414 g/mol. The molecule has 1 aliphatic heterocycles. The average molecular weight is 441 g/mol. The number of aliphatic carboxylic acids is 1. The number of piperidine rings is 1. The topological polar surface area (TPSA) is 120 Å². The van der Waals surface area contributed by atoms with Crippen molar-refractivity contribution in [3.8, 4) is 11.8 Å². The van der Waals surface area contributed by atoms with Crippen LogP contribution in [0.4, 0.5) is 0 Å². The molecule has 0 radical (unpaired) electrons. The first-order valence-corrected chi connectivity index (χ1v) is 10.4. The Hall–Kier alpha value is -3.38. The molecule has 1 aliphatic rings. The molecule has 1 unspecified atom stereocenters. The van der Waals surface area contributed by atoms with E-state index in [1.54, 1.807) is 25.2 Å². The predicted octanol–water partition coefficient (Wildman–Crippen LogP) is 1.58. The molecule has 2 heterocycles. The quantitative estimate of drug-likeness (QED) is 0.382. The molecule has 2 aromatic rings. The van der Waals surface area contributed by atoms with Crippen LogP contribution in [-0.2, 0) is 26.2 Å². The third kappa shape index (κ3) is 5.26. The Morgan fingerprint density at radius 2 is 2.03 bits per heavy atom. The van der Waals surface area contributed by atoms with E-state index in [4.69, 9.17) is 9.84 Å². The van der Waals surface area contributed by atoms with Crippen molar-refractivity contribution in [1.29, 1.82) is 0 Å². The second-order valence-electron chi connectivity index (χ2n) is 8.73. The fourth-order valence-corrected chi connectivity index (χ4v) is 3.70. The number of amides is 2. The molecule has 0 saturated carbocycles. The van der Waals surface area contributed by atoms with Crippen molar-refractivity contribution in [2.75, 3.05) is 13.2 Å². The van der Waals surface area contributed by atoms with E-state index in [0.29, 0.717) is 29.6 Å². The molecule has 1 atom stereocenters. The normalized spacial score (nSPS) is 16.5. The fraction of sp³-hybridized carbons (Fsp3) is 0.478. The molecule has 1 fully saturated rings. The van der Waals surface area contributed by atoms with Crippen LogP contribution in [0.15, 0.2) is 23.0 Å². The molecule has 32 heavy (non-hydrogen) atoms. The van der Waals surface area contributed by atoms with Crippen LogP contribution in [0, 0.1) is 17.3 Å². The van der Waals surface area contributed by atoms with Crippen molar-refractivity contribution in [3.63, 3.8) is 0 Å². The number of fused-ring (bicyclic) bond motifs is 1. The van der Waals surface area contributed by atoms with Gasteiger partial charge in [0.15, 0.2) is 0 Å². The molecule has 1 aromatic carbocycles. The molecule has 9 nitrogen and oxygen atoms in total. The van der Waals surface area contributed by atoms with E-state index in [-0.39, 0.29) is 42.9 Å². The summed E-state index contributed by atoms with van der Waals surface area (Å²) in [5, 5.41) is 11.1. The number of carbonyl (C=O) groups is 3. The smallest absolute Gasteiger partial charge is 0.329 e. The lowest BCUT2D eigenvalue weighted by atomic mass is 9.89. The Kier molecular flexibility index (Phi) is 6.84. The summed E-state index contributed by atoms with van der Waals surface area (Å²) in [6, 6.07) is 4.58. The lowest BCUT2D eigenvalue weighted by Gasteiger charge is -2.22. The van der Waals surface area contributed by atoms with Gasteiger partial charge in [0, 0.05) is 25.5 Å².